The van der Waals surface area contributed by atoms with Crippen molar-refractivity contribution in [1.29, 1.82) is 0 Å². The Labute approximate surface area is 251 Å². The van der Waals surface area contributed by atoms with Gasteiger partial charge < -0.3 is 9.13 Å². The van der Waals surface area contributed by atoms with E-state index in [0.717, 1.165) is 0 Å². The molecule has 200 valence electrons. The van der Waals surface area contributed by atoms with Gasteiger partial charge in [-0.15, -0.1) is 11.3 Å². The second-order valence-electron chi connectivity index (χ2n) is 11.3. The van der Waals surface area contributed by atoms with Crippen molar-refractivity contribution in [3.05, 3.63) is 146 Å². The van der Waals surface area contributed by atoms with Crippen LogP contribution in [0.25, 0.3) is 85.9 Å². The highest BCUT2D eigenvalue weighted by molar-refractivity contribution is 7.26. The third kappa shape index (κ3) is 3.12. The molecule has 0 aliphatic heterocycles. The summed E-state index contributed by atoms with van der Waals surface area (Å²) in [7, 11) is 0. The maximum atomic E-state index is 2.50. The number of hydrogen-bond donors (Lipinski definition) is 0. The monoisotopic (exact) mass is 564 g/mol. The van der Waals surface area contributed by atoms with Crippen molar-refractivity contribution < 1.29 is 0 Å². The first-order valence-electron chi connectivity index (χ1n) is 14.7. The quantitative estimate of drug-likeness (QED) is 0.198. The first kappa shape index (κ1) is 23.2. The summed E-state index contributed by atoms with van der Waals surface area (Å²) >= 11 is 1.91. The minimum atomic E-state index is 1.18. The molecule has 7 aromatic carbocycles. The van der Waals surface area contributed by atoms with Crippen molar-refractivity contribution >= 4 is 85.9 Å². The second kappa shape index (κ2) is 8.57. The lowest BCUT2D eigenvalue weighted by atomic mass is 10.0. The van der Waals surface area contributed by atoms with Crippen LogP contribution in [0, 0.1) is 0 Å². The van der Waals surface area contributed by atoms with Crippen LogP contribution >= 0.6 is 11.3 Å². The highest BCUT2D eigenvalue weighted by atomic mass is 32.1. The van der Waals surface area contributed by atoms with Crippen molar-refractivity contribution in [3.8, 4) is 11.4 Å². The smallest absolute Gasteiger partial charge is 0.0634 e. The van der Waals surface area contributed by atoms with Crippen molar-refractivity contribution in [2.75, 3.05) is 0 Å². The fourth-order valence-corrected chi connectivity index (χ4v) is 8.49. The molecule has 0 bridgehead atoms. The van der Waals surface area contributed by atoms with E-state index in [0.29, 0.717) is 0 Å². The van der Waals surface area contributed by atoms with E-state index in [4.69, 9.17) is 0 Å². The predicted octanol–water partition coefficient (Wildman–Crippen LogP) is 11.4. The van der Waals surface area contributed by atoms with E-state index in [1.807, 2.05) is 11.3 Å². The number of fused-ring (bicyclic) bond motifs is 12. The van der Waals surface area contributed by atoms with Gasteiger partial charge in [-0.1, -0.05) is 97.1 Å². The van der Waals surface area contributed by atoms with E-state index in [-0.39, 0.29) is 0 Å². The molecule has 43 heavy (non-hydrogen) atoms. The number of para-hydroxylation sites is 3. The van der Waals surface area contributed by atoms with Crippen LogP contribution in [0.5, 0.6) is 0 Å². The van der Waals surface area contributed by atoms with Gasteiger partial charge in [0.25, 0.3) is 0 Å². The summed E-state index contributed by atoms with van der Waals surface area (Å²) in [6.45, 7) is 0. The van der Waals surface area contributed by atoms with E-state index in [2.05, 4.69) is 155 Å². The minimum absolute atomic E-state index is 1.18. The maximum absolute atomic E-state index is 2.50. The average Bonchev–Trinajstić information content (AvgIpc) is 3.72. The number of benzene rings is 7. The summed E-state index contributed by atoms with van der Waals surface area (Å²) in [6.07, 6.45) is 0. The Kier molecular flexibility index (Phi) is 4.63. The molecule has 2 nitrogen and oxygen atoms in total. The highest BCUT2D eigenvalue weighted by Crippen LogP contribution is 2.46. The zero-order chi connectivity index (χ0) is 28.1. The molecule has 3 heterocycles. The third-order valence-electron chi connectivity index (χ3n) is 9.07. The molecule has 0 saturated heterocycles. The van der Waals surface area contributed by atoms with Crippen molar-refractivity contribution in [3.63, 3.8) is 0 Å². The van der Waals surface area contributed by atoms with E-state index >= 15 is 0 Å². The molecule has 0 radical (unpaired) electrons. The van der Waals surface area contributed by atoms with Gasteiger partial charge in [0, 0.05) is 53.1 Å². The van der Waals surface area contributed by atoms with E-state index < -0.39 is 0 Å². The van der Waals surface area contributed by atoms with Crippen LogP contribution in [0.4, 0.5) is 0 Å². The fourth-order valence-electron chi connectivity index (χ4n) is 7.25. The molecule has 0 amide bonds. The average molecular weight is 565 g/mol. The summed E-state index contributed by atoms with van der Waals surface area (Å²) in [4.78, 5) is 0. The Bertz CT molecular complexity index is 2710. The Morgan fingerprint density at radius 1 is 0.395 bits per heavy atom. The van der Waals surface area contributed by atoms with E-state index in [1.54, 1.807) is 0 Å². The Balaban J connectivity index is 1.44. The molecule has 10 aromatic rings. The van der Waals surface area contributed by atoms with Crippen LogP contribution < -0.4 is 0 Å². The third-order valence-corrected chi connectivity index (χ3v) is 10.3. The van der Waals surface area contributed by atoms with Gasteiger partial charge in [-0.25, -0.2) is 0 Å². The molecule has 0 unspecified atom stereocenters. The van der Waals surface area contributed by atoms with E-state index in [1.165, 1.54) is 85.9 Å². The van der Waals surface area contributed by atoms with Crippen LogP contribution in [0.15, 0.2) is 146 Å². The Morgan fingerprint density at radius 2 is 1.00 bits per heavy atom. The van der Waals surface area contributed by atoms with Crippen molar-refractivity contribution in [2.24, 2.45) is 0 Å². The summed E-state index contributed by atoms with van der Waals surface area (Å²) in [6, 6.07) is 53.3. The standard InChI is InChI=1S/C40H24N2S/c1-3-12-26(13-4-1)41-34-18-10-9-17-29(34)32-23-36-33(24-35(32)41)30-21-22-37-38(39(30)42(36)27-14-5-2-6-15-27)31-20-19-25-11-7-8-16-28(25)40(31)43-37/h1-24H. The molecule has 3 aromatic heterocycles. The fraction of sp³-hybridized carbons (Fsp3) is 0. The largest absolute Gasteiger partial charge is 0.309 e. The number of nitrogens with zero attached hydrogens (tertiary/aromatic N) is 2. The summed E-state index contributed by atoms with van der Waals surface area (Å²) in [5.74, 6) is 0. The van der Waals surface area contributed by atoms with Gasteiger partial charge in [0.15, 0.2) is 0 Å². The predicted molar refractivity (Wildman–Crippen MR) is 186 cm³/mol. The molecule has 0 aliphatic carbocycles. The highest BCUT2D eigenvalue weighted by Gasteiger charge is 2.21. The summed E-state index contributed by atoms with van der Waals surface area (Å²) in [5.41, 5.74) is 7.33. The Morgan fingerprint density at radius 3 is 1.79 bits per heavy atom. The molecular formula is C40H24N2S. The van der Waals surface area contributed by atoms with Crippen LogP contribution in [0.1, 0.15) is 0 Å². The Hall–Kier alpha value is -5.38. The van der Waals surface area contributed by atoms with Gasteiger partial charge in [0.1, 0.15) is 0 Å². The molecule has 3 heteroatoms. The second-order valence-corrected chi connectivity index (χ2v) is 12.4. The number of hydrogen-bond acceptors (Lipinski definition) is 1. The topological polar surface area (TPSA) is 9.86 Å². The first-order chi connectivity index (χ1) is 21.3. The molecule has 0 fully saturated rings. The van der Waals surface area contributed by atoms with Gasteiger partial charge in [-0.05, 0) is 59.3 Å². The van der Waals surface area contributed by atoms with Gasteiger partial charge in [0.05, 0.1) is 22.1 Å². The van der Waals surface area contributed by atoms with Gasteiger partial charge in [-0.3, -0.25) is 0 Å². The number of aromatic nitrogens is 2. The van der Waals surface area contributed by atoms with E-state index in [9.17, 15) is 0 Å². The number of thiophene rings is 1. The molecular weight excluding hydrogens is 541 g/mol. The zero-order valence-electron chi connectivity index (χ0n) is 23.2. The van der Waals surface area contributed by atoms with Crippen molar-refractivity contribution in [2.45, 2.75) is 0 Å². The lowest BCUT2D eigenvalue weighted by molar-refractivity contribution is 1.18. The SMILES string of the molecule is c1ccc(-n2c3ccccc3c3cc4c(cc32)c2ccc3sc5c6ccccc6ccc5c3c2n4-c2ccccc2)cc1. The molecule has 0 atom stereocenters. The molecule has 0 aliphatic rings. The van der Waals surface area contributed by atoms with Crippen LogP contribution in [-0.2, 0) is 0 Å². The summed E-state index contributed by atoms with van der Waals surface area (Å²) in [5, 5.41) is 10.4. The molecule has 0 saturated carbocycles. The van der Waals surface area contributed by atoms with Crippen LogP contribution in [-0.4, -0.2) is 9.13 Å². The van der Waals surface area contributed by atoms with Crippen LogP contribution in [0.2, 0.25) is 0 Å². The lowest BCUT2D eigenvalue weighted by Crippen LogP contribution is -1.94. The molecule has 0 spiro atoms. The minimum Gasteiger partial charge on any atom is -0.309 e. The summed E-state index contributed by atoms with van der Waals surface area (Å²) < 4.78 is 7.60. The van der Waals surface area contributed by atoms with Gasteiger partial charge in [-0.2, -0.15) is 0 Å². The zero-order valence-corrected chi connectivity index (χ0v) is 24.0. The first-order valence-corrected chi connectivity index (χ1v) is 15.5. The molecule has 10 rings (SSSR count). The van der Waals surface area contributed by atoms with Crippen molar-refractivity contribution in [1.82, 2.24) is 9.13 Å². The normalized spacial score (nSPS) is 12.2. The van der Waals surface area contributed by atoms with Crippen LogP contribution in [0.3, 0.4) is 0 Å². The maximum Gasteiger partial charge on any atom is 0.0634 e. The molecule has 0 N–H and O–H groups in total. The lowest BCUT2D eigenvalue weighted by Gasteiger charge is -2.10. The van der Waals surface area contributed by atoms with Gasteiger partial charge >= 0.3 is 0 Å². The number of rotatable bonds is 2. The van der Waals surface area contributed by atoms with Gasteiger partial charge in [0.2, 0.25) is 0 Å².